The lowest BCUT2D eigenvalue weighted by Crippen LogP contribution is -2.83. The Bertz CT molecular complexity index is 791. The first-order valence-corrected chi connectivity index (χ1v) is 7.21. The standard InChI is InChI=1S/C18H16N2O/c21-17-10-4-2-7-14(17)18-16-9-5-11-20(16)15-8-3-1-6-13(15)12-19-18/h1-11,18-19,21H,12H2/p+1/t18-/m1/s1. The second-order valence-electron chi connectivity index (χ2n) is 5.41. The molecule has 3 heteroatoms. The number of para-hydroxylation sites is 2. The third kappa shape index (κ3) is 1.94. The second kappa shape index (κ2) is 4.79. The molecule has 0 saturated carbocycles. The quantitative estimate of drug-likeness (QED) is 0.704. The first kappa shape index (κ1) is 12.2. The van der Waals surface area contributed by atoms with Crippen LogP contribution in [0.1, 0.15) is 22.9 Å². The Morgan fingerprint density at radius 3 is 2.67 bits per heavy atom. The number of phenols is 1. The molecule has 3 aromatic rings. The van der Waals surface area contributed by atoms with E-state index in [0.717, 1.165) is 12.1 Å². The number of phenolic OH excluding ortho intramolecular Hbond substituents is 1. The fourth-order valence-electron chi connectivity index (χ4n) is 3.19. The van der Waals surface area contributed by atoms with Gasteiger partial charge in [0.15, 0.2) is 6.04 Å². The molecule has 0 radical (unpaired) electrons. The van der Waals surface area contributed by atoms with Gasteiger partial charge in [0.2, 0.25) is 0 Å². The number of aromatic hydroxyl groups is 1. The monoisotopic (exact) mass is 277 g/mol. The topological polar surface area (TPSA) is 41.8 Å². The van der Waals surface area contributed by atoms with Crippen LogP contribution in [0.2, 0.25) is 0 Å². The molecule has 0 amide bonds. The van der Waals surface area contributed by atoms with Gasteiger partial charge in [0.1, 0.15) is 12.3 Å². The van der Waals surface area contributed by atoms with Gasteiger partial charge >= 0.3 is 0 Å². The average molecular weight is 277 g/mol. The SMILES string of the molecule is Oc1ccccc1[C@H]1[NH2+]Cc2ccccc2-n2cccc21. The van der Waals surface area contributed by atoms with Crippen LogP contribution >= 0.6 is 0 Å². The maximum absolute atomic E-state index is 10.2. The van der Waals surface area contributed by atoms with Crippen molar-refractivity contribution < 1.29 is 10.4 Å². The Kier molecular flexibility index (Phi) is 2.79. The lowest BCUT2D eigenvalue weighted by Gasteiger charge is -2.15. The third-order valence-corrected chi connectivity index (χ3v) is 4.20. The number of nitrogens with two attached hydrogens (primary N) is 1. The van der Waals surface area contributed by atoms with Crippen molar-refractivity contribution in [1.82, 2.24) is 4.57 Å². The molecule has 0 fully saturated rings. The van der Waals surface area contributed by atoms with E-state index in [4.69, 9.17) is 0 Å². The van der Waals surface area contributed by atoms with Gasteiger partial charge in [-0.05, 0) is 30.3 Å². The highest BCUT2D eigenvalue weighted by atomic mass is 16.3. The van der Waals surface area contributed by atoms with Crippen molar-refractivity contribution in [3.8, 4) is 11.4 Å². The van der Waals surface area contributed by atoms with E-state index in [0.29, 0.717) is 5.75 Å². The maximum atomic E-state index is 10.2. The van der Waals surface area contributed by atoms with E-state index >= 15 is 0 Å². The Morgan fingerprint density at radius 2 is 1.76 bits per heavy atom. The van der Waals surface area contributed by atoms with Gasteiger partial charge in [-0.15, -0.1) is 0 Å². The van der Waals surface area contributed by atoms with Crippen LogP contribution in [-0.4, -0.2) is 9.67 Å². The molecule has 1 atom stereocenters. The van der Waals surface area contributed by atoms with E-state index in [9.17, 15) is 5.11 Å². The summed E-state index contributed by atoms with van der Waals surface area (Å²) in [7, 11) is 0. The summed E-state index contributed by atoms with van der Waals surface area (Å²) >= 11 is 0. The van der Waals surface area contributed by atoms with Gasteiger partial charge in [-0.2, -0.15) is 0 Å². The van der Waals surface area contributed by atoms with Crippen LogP contribution in [0, 0.1) is 0 Å². The van der Waals surface area contributed by atoms with Gasteiger partial charge in [-0.3, -0.25) is 0 Å². The molecule has 3 nitrogen and oxygen atoms in total. The second-order valence-corrected chi connectivity index (χ2v) is 5.41. The van der Waals surface area contributed by atoms with Crippen molar-refractivity contribution in [2.24, 2.45) is 0 Å². The van der Waals surface area contributed by atoms with Crippen LogP contribution in [0.15, 0.2) is 66.9 Å². The highest BCUT2D eigenvalue weighted by molar-refractivity contribution is 5.46. The number of rotatable bonds is 1. The first-order chi connectivity index (χ1) is 10.3. The number of benzene rings is 2. The molecule has 1 aliphatic heterocycles. The lowest BCUT2D eigenvalue weighted by molar-refractivity contribution is -0.702. The van der Waals surface area contributed by atoms with Crippen molar-refractivity contribution in [3.05, 3.63) is 83.7 Å². The predicted molar refractivity (Wildman–Crippen MR) is 81.3 cm³/mol. The zero-order chi connectivity index (χ0) is 14.2. The molecule has 1 aliphatic rings. The fraction of sp³-hybridized carbons (Fsp3) is 0.111. The largest absolute Gasteiger partial charge is 0.507 e. The smallest absolute Gasteiger partial charge is 0.157 e. The summed E-state index contributed by atoms with van der Waals surface area (Å²) in [5, 5.41) is 12.5. The summed E-state index contributed by atoms with van der Waals surface area (Å²) in [5.41, 5.74) is 4.70. The van der Waals surface area contributed by atoms with Gasteiger partial charge in [0.25, 0.3) is 0 Å². The van der Waals surface area contributed by atoms with Gasteiger partial charge in [0, 0.05) is 11.8 Å². The summed E-state index contributed by atoms with van der Waals surface area (Å²) in [6, 6.07) is 20.4. The normalized spacial score (nSPS) is 16.9. The average Bonchev–Trinajstić information content (AvgIpc) is 2.93. The number of aromatic nitrogens is 1. The molecule has 1 aromatic heterocycles. The van der Waals surface area contributed by atoms with Crippen LogP contribution in [0.25, 0.3) is 5.69 Å². The van der Waals surface area contributed by atoms with E-state index in [1.54, 1.807) is 6.07 Å². The van der Waals surface area contributed by atoms with Crippen molar-refractivity contribution in [2.75, 3.05) is 0 Å². The number of fused-ring (bicyclic) bond motifs is 3. The summed E-state index contributed by atoms with van der Waals surface area (Å²) in [6.07, 6.45) is 2.10. The van der Waals surface area contributed by atoms with Crippen LogP contribution < -0.4 is 5.32 Å². The summed E-state index contributed by atoms with van der Waals surface area (Å²) in [4.78, 5) is 0. The van der Waals surface area contributed by atoms with Gasteiger partial charge in [-0.1, -0.05) is 30.3 Å². The van der Waals surface area contributed by atoms with Crippen molar-refractivity contribution in [2.45, 2.75) is 12.6 Å². The highest BCUT2D eigenvalue weighted by Gasteiger charge is 2.27. The number of hydrogen-bond acceptors (Lipinski definition) is 1. The zero-order valence-electron chi connectivity index (χ0n) is 11.6. The zero-order valence-corrected chi connectivity index (χ0v) is 11.6. The molecule has 0 saturated heterocycles. The van der Waals surface area contributed by atoms with Crippen LogP contribution in [0.3, 0.4) is 0 Å². The molecule has 0 unspecified atom stereocenters. The number of hydrogen-bond donors (Lipinski definition) is 2. The molecule has 0 spiro atoms. The molecule has 2 heterocycles. The van der Waals surface area contributed by atoms with E-state index < -0.39 is 0 Å². The van der Waals surface area contributed by atoms with E-state index in [2.05, 4.69) is 52.5 Å². The summed E-state index contributed by atoms with van der Waals surface area (Å²) in [6.45, 7) is 0.900. The van der Waals surface area contributed by atoms with Crippen LogP contribution in [0.5, 0.6) is 5.75 Å². The van der Waals surface area contributed by atoms with Crippen molar-refractivity contribution in [1.29, 1.82) is 0 Å². The minimum Gasteiger partial charge on any atom is -0.507 e. The van der Waals surface area contributed by atoms with Crippen LogP contribution in [-0.2, 0) is 6.54 Å². The molecular formula is C18H17N2O+. The maximum Gasteiger partial charge on any atom is 0.157 e. The molecule has 21 heavy (non-hydrogen) atoms. The number of nitrogens with zero attached hydrogens (tertiary/aromatic N) is 1. The van der Waals surface area contributed by atoms with Crippen molar-refractivity contribution in [3.63, 3.8) is 0 Å². The molecular weight excluding hydrogens is 260 g/mol. The fourth-order valence-corrected chi connectivity index (χ4v) is 3.19. The Labute approximate surface area is 123 Å². The van der Waals surface area contributed by atoms with E-state index in [-0.39, 0.29) is 6.04 Å². The summed E-state index contributed by atoms with van der Waals surface area (Å²) in [5.74, 6) is 0.359. The Hall–Kier alpha value is -2.52. The predicted octanol–water partition coefficient (Wildman–Crippen LogP) is 2.35. The molecule has 0 aliphatic carbocycles. The summed E-state index contributed by atoms with van der Waals surface area (Å²) < 4.78 is 2.23. The Balaban J connectivity index is 1.90. The minimum atomic E-state index is 0.105. The highest BCUT2D eigenvalue weighted by Crippen LogP contribution is 2.30. The van der Waals surface area contributed by atoms with E-state index in [1.165, 1.54) is 16.9 Å². The lowest BCUT2D eigenvalue weighted by atomic mass is 10.0. The molecule has 3 N–H and O–H groups in total. The first-order valence-electron chi connectivity index (χ1n) is 7.21. The minimum absolute atomic E-state index is 0.105. The third-order valence-electron chi connectivity index (χ3n) is 4.20. The van der Waals surface area contributed by atoms with Gasteiger partial charge in [-0.25, -0.2) is 0 Å². The van der Waals surface area contributed by atoms with E-state index in [1.807, 2.05) is 18.2 Å². The van der Waals surface area contributed by atoms with Crippen LogP contribution in [0.4, 0.5) is 0 Å². The van der Waals surface area contributed by atoms with Gasteiger partial charge in [0.05, 0.1) is 16.9 Å². The molecule has 2 aromatic carbocycles. The van der Waals surface area contributed by atoms with Crippen molar-refractivity contribution >= 4 is 0 Å². The molecule has 4 rings (SSSR count). The number of quaternary nitrogens is 1. The molecule has 0 bridgehead atoms. The van der Waals surface area contributed by atoms with Gasteiger partial charge < -0.3 is 15.0 Å². The Morgan fingerprint density at radius 1 is 0.952 bits per heavy atom. The molecule has 104 valence electrons.